The third kappa shape index (κ3) is 10.1. The van der Waals surface area contributed by atoms with Crippen molar-refractivity contribution >= 4 is 35.2 Å². The van der Waals surface area contributed by atoms with Crippen LogP contribution in [0.15, 0.2) is 54.9 Å². The maximum Gasteiger partial charge on any atom is 0.420 e. The molecule has 0 saturated carbocycles. The topological polar surface area (TPSA) is 126 Å². The van der Waals surface area contributed by atoms with Crippen LogP contribution in [0.5, 0.6) is 0 Å². The van der Waals surface area contributed by atoms with E-state index in [1.807, 2.05) is 6.07 Å². The van der Waals surface area contributed by atoms with Crippen LogP contribution in [0.1, 0.15) is 73.4 Å². The van der Waals surface area contributed by atoms with Crippen molar-refractivity contribution in [2.75, 3.05) is 0 Å². The number of carbonyl (C=O) groups is 4. The molecule has 238 valence electrons. The van der Waals surface area contributed by atoms with Crippen LogP contribution in [0, 0.1) is 0 Å². The first kappa shape index (κ1) is 34.1. The van der Waals surface area contributed by atoms with Gasteiger partial charge in [0.25, 0.3) is 0 Å². The van der Waals surface area contributed by atoms with Gasteiger partial charge in [-0.25, -0.2) is 14.4 Å². The second kappa shape index (κ2) is 13.5. The van der Waals surface area contributed by atoms with E-state index in [2.05, 4.69) is 4.98 Å². The van der Waals surface area contributed by atoms with E-state index >= 15 is 0 Å². The number of rotatable bonds is 8. The highest BCUT2D eigenvalue weighted by atomic mass is 16.6. The van der Waals surface area contributed by atoms with E-state index in [1.54, 1.807) is 116 Å². The molecule has 2 amide bonds. The lowest BCUT2D eigenvalue weighted by Crippen LogP contribution is -2.53. The minimum absolute atomic E-state index is 0.0806. The van der Waals surface area contributed by atoms with Gasteiger partial charge in [0.1, 0.15) is 23.4 Å². The molecule has 0 saturated heterocycles. The molecule has 3 rings (SSSR count). The van der Waals surface area contributed by atoms with Crippen molar-refractivity contribution in [2.24, 2.45) is 0 Å². The van der Waals surface area contributed by atoms with Gasteiger partial charge >= 0.3 is 24.1 Å². The lowest BCUT2D eigenvalue weighted by atomic mass is 10.1. The molecule has 0 bridgehead atoms. The van der Waals surface area contributed by atoms with E-state index in [-0.39, 0.29) is 19.6 Å². The summed E-state index contributed by atoms with van der Waals surface area (Å²) in [6.07, 6.45) is 1.02. The molecule has 0 N–H and O–H groups in total. The molecule has 2 aromatic heterocycles. The van der Waals surface area contributed by atoms with Gasteiger partial charge in [-0.15, -0.1) is 0 Å². The number of nitrogens with zero attached hydrogens (tertiary/aromatic N) is 3. The number of hydrogen-bond acceptors (Lipinski definition) is 9. The average molecular weight is 610 g/mol. The van der Waals surface area contributed by atoms with Crippen molar-refractivity contribution in [3.05, 3.63) is 66.0 Å². The highest BCUT2D eigenvalue weighted by Gasteiger charge is 2.42. The zero-order chi connectivity index (χ0) is 32.9. The molecule has 1 aromatic carbocycles. The summed E-state index contributed by atoms with van der Waals surface area (Å²) >= 11 is 0. The number of aromatic nitrogens is 2. The third-order valence-corrected chi connectivity index (χ3v) is 5.82. The fraction of sp³-hybridized carbons (Fsp3) is 0.485. The van der Waals surface area contributed by atoms with Gasteiger partial charge in [0.05, 0.1) is 24.0 Å². The molecule has 44 heavy (non-hydrogen) atoms. The number of amides is 2. The summed E-state index contributed by atoms with van der Waals surface area (Å²) in [6, 6.07) is 11.0. The van der Waals surface area contributed by atoms with Gasteiger partial charge in [0.2, 0.25) is 0 Å². The van der Waals surface area contributed by atoms with Crippen LogP contribution in [-0.4, -0.2) is 61.4 Å². The number of ether oxygens (including phenoxy) is 4. The number of esters is 2. The van der Waals surface area contributed by atoms with E-state index in [9.17, 15) is 19.2 Å². The van der Waals surface area contributed by atoms with Gasteiger partial charge in [-0.1, -0.05) is 30.3 Å². The van der Waals surface area contributed by atoms with Crippen LogP contribution in [0.4, 0.5) is 9.59 Å². The molecule has 0 fully saturated rings. The summed E-state index contributed by atoms with van der Waals surface area (Å²) in [5.41, 5.74) is -0.307. The first-order valence-electron chi connectivity index (χ1n) is 14.4. The zero-order valence-corrected chi connectivity index (χ0v) is 27.0. The normalized spacial score (nSPS) is 12.8. The highest BCUT2D eigenvalue weighted by Crippen LogP contribution is 2.24. The van der Waals surface area contributed by atoms with E-state index < -0.39 is 47.0 Å². The molecular formula is C33H43N3O8. The Morgan fingerprint density at radius 2 is 1.36 bits per heavy atom. The minimum atomic E-state index is -1.51. The Morgan fingerprint density at radius 3 is 1.91 bits per heavy atom. The van der Waals surface area contributed by atoms with E-state index in [0.717, 1.165) is 5.56 Å². The standard InChI is InChI=1S/C33H43N3O8/c1-31(2,3)42-26(37)18-23-19-35(24-16-13-17-34-27(23)24)20-25(28(38)41-21-22-14-11-10-12-15-22)36(29(39)43-32(4,5)6)30(40)44-33(7,8)9/h10-17,19,25H,18,20-21H2,1-9H3. The predicted octanol–water partition coefficient (Wildman–Crippen LogP) is 6.20. The first-order chi connectivity index (χ1) is 20.3. The Balaban J connectivity index is 2.08. The SMILES string of the molecule is CC(C)(C)OC(=O)Cc1cn(CC(C(=O)OCc2ccccc2)N(C(=O)OC(C)(C)C)C(=O)OC(C)(C)C)c2cccnc12. The second-order valence-electron chi connectivity index (χ2n) is 13.4. The third-order valence-electron chi connectivity index (χ3n) is 5.82. The van der Waals surface area contributed by atoms with E-state index in [1.165, 1.54) is 0 Å². The first-order valence-corrected chi connectivity index (χ1v) is 14.4. The molecule has 3 aromatic rings. The molecule has 1 unspecified atom stereocenters. The van der Waals surface area contributed by atoms with Gasteiger partial charge < -0.3 is 23.5 Å². The Labute approximate surface area is 258 Å². The monoisotopic (exact) mass is 609 g/mol. The lowest BCUT2D eigenvalue weighted by molar-refractivity contribution is -0.154. The Bertz CT molecular complexity index is 1450. The van der Waals surface area contributed by atoms with Crippen molar-refractivity contribution in [1.82, 2.24) is 14.5 Å². The smallest absolute Gasteiger partial charge is 0.420 e. The van der Waals surface area contributed by atoms with E-state index in [0.29, 0.717) is 21.5 Å². The number of fused-ring (bicyclic) bond motifs is 1. The summed E-state index contributed by atoms with van der Waals surface area (Å²) in [5.74, 6) is -1.31. The number of benzene rings is 1. The fourth-order valence-corrected chi connectivity index (χ4v) is 4.23. The predicted molar refractivity (Wildman–Crippen MR) is 164 cm³/mol. The van der Waals surface area contributed by atoms with Crippen molar-refractivity contribution in [3.63, 3.8) is 0 Å². The maximum atomic E-state index is 13.8. The second-order valence-corrected chi connectivity index (χ2v) is 13.4. The van der Waals surface area contributed by atoms with Crippen molar-refractivity contribution in [3.8, 4) is 0 Å². The number of pyridine rings is 1. The van der Waals surface area contributed by atoms with Crippen LogP contribution in [-0.2, 0) is 48.1 Å². The molecule has 0 radical (unpaired) electrons. The number of hydrogen-bond donors (Lipinski definition) is 0. The summed E-state index contributed by atoms with van der Waals surface area (Å²) in [7, 11) is 0. The van der Waals surface area contributed by atoms with Crippen LogP contribution >= 0.6 is 0 Å². The molecular weight excluding hydrogens is 566 g/mol. The molecule has 2 heterocycles. The fourth-order valence-electron chi connectivity index (χ4n) is 4.23. The van der Waals surface area contributed by atoms with Gasteiger partial charge in [-0.05, 0) is 80.0 Å². The van der Waals surface area contributed by atoms with Crippen LogP contribution < -0.4 is 0 Å². The molecule has 11 heteroatoms. The molecule has 0 aliphatic rings. The van der Waals surface area contributed by atoms with Crippen LogP contribution in [0.25, 0.3) is 11.0 Å². The maximum absolute atomic E-state index is 13.8. The molecule has 11 nitrogen and oxygen atoms in total. The zero-order valence-electron chi connectivity index (χ0n) is 27.0. The molecule has 0 aliphatic carbocycles. The Morgan fingerprint density at radius 1 is 0.795 bits per heavy atom. The van der Waals surface area contributed by atoms with Gasteiger partial charge in [0, 0.05) is 18.0 Å². The number of imide groups is 1. The van der Waals surface area contributed by atoms with Gasteiger partial charge in [-0.3, -0.25) is 9.78 Å². The Hall–Kier alpha value is -4.41. The minimum Gasteiger partial charge on any atom is -0.460 e. The molecule has 0 aliphatic heterocycles. The lowest BCUT2D eigenvalue weighted by Gasteiger charge is -2.32. The van der Waals surface area contributed by atoms with Crippen LogP contribution in [0.2, 0.25) is 0 Å². The van der Waals surface area contributed by atoms with Crippen molar-refractivity contribution in [1.29, 1.82) is 0 Å². The van der Waals surface area contributed by atoms with Crippen molar-refractivity contribution < 1.29 is 38.1 Å². The van der Waals surface area contributed by atoms with Gasteiger partial charge in [-0.2, -0.15) is 4.90 Å². The largest absolute Gasteiger partial charge is 0.460 e. The summed E-state index contributed by atoms with van der Waals surface area (Å²) in [6.45, 7) is 14.9. The van der Waals surface area contributed by atoms with E-state index in [4.69, 9.17) is 18.9 Å². The Kier molecular flexibility index (Phi) is 10.4. The number of carbonyl (C=O) groups excluding carboxylic acids is 4. The molecule has 1 atom stereocenters. The highest BCUT2D eigenvalue weighted by molar-refractivity contribution is 5.94. The van der Waals surface area contributed by atoms with Crippen LogP contribution in [0.3, 0.4) is 0 Å². The summed E-state index contributed by atoms with van der Waals surface area (Å²) in [4.78, 5) is 58.7. The quantitative estimate of drug-likeness (QED) is 0.217. The van der Waals surface area contributed by atoms with Gasteiger partial charge in [0.15, 0.2) is 6.04 Å². The van der Waals surface area contributed by atoms with Crippen molar-refractivity contribution in [2.45, 2.75) is 105 Å². The summed E-state index contributed by atoms with van der Waals surface area (Å²) in [5, 5.41) is 0. The molecule has 0 spiro atoms. The average Bonchev–Trinajstić information content (AvgIpc) is 3.21. The summed E-state index contributed by atoms with van der Waals surface area (Å²) < 4.78 is 23.9.